The summed E-state index contributed by atoms with van der Waals surface area (Å²) in [6.07, 6.45) is 0. The summed E-state index contributed by atoms with van der Waals surface area (Å²) >= 11 is 0. The summed E-state index contributed by atoms with van der Waals surface area (Å²) in [4.78, 5) is -0.815. The molecule has 0 heterocycles. The topological polar surface area (TPSA) is 58.9 Å². The van der Waals surface area contributed by atoms with E-state index in [-0.39, 0.29) is 5.69 Å². The first-order valence-electron chi connectivity index (χ1n) is 7.53. The van der Waals surface area contributed by atoms with Gasteiger partial charge in [-0.2, -0.15) is 23.4 Å². The largest absolute Gasteiger partial charge is 0.501 e. The van der Waals surface area contributed by atoms with E-state index in [4.69, 9.17) is 0 Å². The van der Waals surface area contributed by atoms with E-state index in [0.29, 0.717) is 0 Å². The average molecular weight is 372 g/mol. The van der Waals surface area contributed by atoms with Crippen LogP contribution in [0.1, 0.15) is 34.6 Å². The van der Waals surface area contributed by atoms with E-state index in [0.717, 1.165) is 34.4 Å². The highest BCUT2D eigenvalue weighted by Gasteiger charge is 2.46. The van der Waals surface area contributed by atoms with Crippen molar-refractivity contribution in [3.63, 3.8) is 0 Å². The zero-order valence-electron chi connectivity index (χ0n) is 14.6. The number of sulfone groups is 1. The Labute approximate surface area is 145 Å². The first kappa shape index (κ1) is 19.4. The smallest absolute Gasteiger partial charge is 0.214 e. The van der Waals surface area contributed by atoms with E-state index in [9.17, 15) is 21.6 Å². The molecule has 0 bridgehead atoms. The summed E-state index contributed by atoms with van der Waals surface area (Å²) in [5.74, 6) is 0. The number of halogens is 3. The van der Waals surface area contributed by atoms with E-state index >= 15 is 0 Å². The SMILES string of the molecule is CC1=C(C)C(C)(N=Nc2ccc(S(=O)(=O)C(F)(F)F)cc2)C(C)=C1C. The molecule has 4 nitrogen and oxygen atoms in total. The van der Waals surface area contributed by atoms with Gasteiger partial charge in [-0.25, -0.2) is 8.42 Å². The molecule has 0 spiro atoms. The van der Waals surface area contributed by atoms with E-state index in [1.54, 1.807) is 0 Å². The van der Waals surface area contributed by atoms with Gasteiger partial charge in [-0.05, 0) is 81.2 Å². The van der Waals surface area contributed by atoms with Crippen molar-refractivity contribution in [3.8, 4) is 0 Å². The molecule has 0 amide bonds. The maximum atomic E-state index is 12.5. The Balaban J connectivity index is 2.34. The van der Waals surface area contributed by atoms with Crippen molar-refractivity contribution in [3.05, 3.63) is 46.6 Å². The second-order valence-electron chi connectivity index (χ2n) is 6.22. The van der Waals surface area contributed by atoms with Gasteiger partial charge in [0.2, 0.25) is 0 Å². The Bertz CT molecular complexity index is 869. The van der Waals surface area contributed by atoms with Crippen LogP contribution in [-0.4, -0.2) is 19.5 Å². The van der Waals surface area contributed by atoms with Crippen LogP contribution < -0.4 is 0 Å². The molecule has 0 aliphatic heterocycles. The molecule has 1 aliphatic carbocycles. The van der Waals surface area contributed by atoms with Gasteiger partial charge in [-0.15, -0.1) is 0 Å². The molecule has 0 fully saturated rings. The highest BCUT2D eigenvalue weighted by Crippen LogP contribution is 2.43. The van der Waals surface area contributed by atoms with Crippen LogP contribution in [0, 0.1) is 0 Å². The number of allylic oxidation sites excluding steroid dienone is 2. The normalized spacial score (nSPS) is 18.6. The molecule has 1 aliphatic rings. The molecule has 25 heavy (non-hydrogen) atoms. The van der Waals surface area contributed by atoms with Gasteiger partial charge < -0.3 is 0 Å². The van der Waals surface area contributed by atoms with Gasteiger partial charge in [0.25, 0.3) is 9.84 Å². The number of nitrogens with zero attached hydrogens (tertiary/aromatic N) is 2. The molecule has 0 saturated heterocycles. The van der Waals surface area contributed by atoms with E-state index in [1.165, 1.54) is 12.1 Å². The lowest BCUT2D eigenvalue weighted by molar-refractivity contribution is -0.0436. The van der Waals surface area contributed by atoms with Crippen LogP contribution in [0.2, 0.25) is 0 Å². The Morgan fingerprint density at radius 3 is 1.76 bits per heavy atom. The number of benzene rings is 1. The van der Waals surface area contributed by atoms with E-state index in [2.05, 4.69) is 10.2 Å². The van der Waals surface area contributed by atoms with Crippen LogP contribution in [0.3, 0.4) is 0 Å². The second-order valence-corrected chi connectivity index (χ2v) is 8.16. The van der Waals surface area contributed by atoms with Crippen LogP contribution in [0.15, 0.2) is 61.7 Å². The fraction of sp³-hybridized carbons (Fsp3) is 0.412. The molecule has 0 atom stereocenters. The van der Waals surface area contributed by atoms with Gasteiger partial charge in [0.15, 0.2) is 0 Å². The molecule has 2 rings (SSSR count). The maximum Gasteiger partial charge on any atom is 0.501 e. The monoisotopic (exact) mass is 372 g/mol. The molecular formula is C17H19F3N2O2S. The lowest BCUT2D eigenvalue weighted by Crippen LogP contribution is -2.23. The summed E-state index contributed by atoms with van der Waals surface area (Å²) in [5, 5.41) is 8.46. The molecule has 1 aromatic carbocycles. The van der Waals surface area contributed by atoms with Crippen molar-refractivity contribution in [2.24, 2.45) is 10.2 Å². The van der Waals surface area contributed by atoms with Crippen LogP contribution in [-0.2, 0) is 9.84 Å². The predicted octanol–water partition coefficient (Wildman–Crippen LogP) is 5.51. The number of hydrogen-bond acceptors (Lipinski definition) is 4. The van der Waals surface area contributed by atoms with Crippen LogP contribution in [0.25, 0.3) is 0 Å². The first-order chi connectivity index (χ1) is 11.3. The molecule has 0 aromatic heterocycles. The van der Waals surface area contributed by atoms with E-state index in [1.807, 2.05) is 34.6 Å². The zero-order valence-corrected chi connectivity index (χ0v) is 15.4. The van der Waals surface area contributed by atoms with Crippen molar-refractivity contribution in [2.45, 2.75) is 50.6 Å². The van der Waals surface area contributed by atoms with Gasteiger partial charge >= 0.3 is 5.51 Å². The molecule has 0 saturated carbocycles. The maximum absolute atomic E-state index is 12.5. The van der Waals surface area contributed by atoms with Crippen molar-refractivity contribution in [1.82, 2.24) is 0 Å². The fourth-order valence-electron chi connectivity index (χ4n) is 2.71. The van der Waals surface area contributed by atoms with Crippen LogP contribution in [0.5, 0.6) is 0 Å². The summed E-state index contributed by atoms with van der Waals surface area (Å²) in [6.45, 7) is 9.86. The third-order valence-electron chi connectivity index (χ3n) is 4.97. The Kier molecular flexibility index (Phi) is 4.71. The third kappa shape index (κ3) is 3.15. The van der Waals surface area contributed by atoms with Gasteiger partial charge in [-0.3, -0.25) is 0 Å². The minimum atomic E-state index is -5.36. The predicted molar refractivity (Wildman–Crippen MR) is 89.4 cm³/mol. The highest BCUT2D eigenvalue weighted by atomic mass is 32.2. The standard InChI is InChI=1S/C17H19F3N2O2S/c1-10-11(2)13(4)16(5,12(10)3)22-21-14-6-8-15(9-7-14)25(23,24)17(18,19)20/h6-9H,1-5H3. The number of rotatable bonds is 3. The molecule has 8 heteroatoms. The van der Waals surface area contributed by atoms with Gasteiger partial charge in [-0.1, -0.05) is 0 Å². The molecular weight excluding hydrogens is 353 g/mol. The van der Waals surface area contributed by atoms with Crippen LogP contribution >= 0.6 is 0 Å². The number of azo groups is 1. The minimum absolute atomic E-state index is 0.283. The summed E-state index contributed by atoms with van der Waals surface area (Å²) in [7, 11) is -5.36. The minimum Gasteiger partial charge on any atom is -0.214 e. The average Bonchev–Trinajstić information content (AvgIpc) is 2.68. The summed E-state index contributed by atoms with van der Waals surface area (Å²) in [5.41, 5.74) is -1.25. The van der Waals surface area contributed by atoms with Crippen LogP contribution in [0.4, 0.5) is 18.9 Å². The number of hydrogen-bond donors (Lipinski definition) is 0. The quantitative estimate of drug-likeness (QED) is 0.657. The van der Waals surface area contributed by atoms with Crippen molar-refractivity contribution in [1.29, 1.82) is 0 Å². The van der Waals surface area contributed by atoms with Gasteiger partial charge in [0.1, 0.15) is 5.54 Å². The van der Waals surface area contributed by atoms with Crippen molar-refractivity contribution < 1.29 is 21.6 Å². The molecule has 0 unspecified atom stereocenters. The first-order valence-corrected chi connectivity index (χ1v) is 9.01. The zero-order chi connectivity index (χ0) is 19.2. The molecule has 0 N–H and O–H groups in total. The Hall–Kier alpha value is -1.96. The van der Waals surface area contributed by atoms with Crippen molar-refractivity contribution >= 4 is 15.5 Å². The Morgan fingerprint density at radius 1 is 0.920 bits per heavy atom. The van der Waals surface area contributed by atoms with E-state index < -0.39 is 25.8 Å². The molecule has 136 valence electrons. The van der Waals surface area contributed by atoms with Crippen molar-refractivity contribution in [2.75, 3.05) is 0 Å². The summed E-state index contributed by atoms with van der Waals surface area (Å²) in [6, 6.07) is 4.18. The van der Waals surface area contributed by atoms with Gasteiger partial charge in [0, 0.05) is 0 Å². The second kappa shape index (κ2) is 6.09. The lowest BCUT2D eigenvalue weighted by atomic mass is 9.90. The third-order valence-corrected chi connectivity index (χ3v) is 6.47. The highest BCUT2D eigenvalue weighted by molar-refractivity contribution is 7.92. The number of alkyl halides is 3. The lowest BCUT2D eigenvalue weighted by Gasteiger charge is -2.22. The fourth-order valence-corrected chi connectivity index (χ4v) is 3.47. The van der Waals surface area contributed by atoms with Gasteiger partial charge in [0.05, 0.1) is 10.6 Å². The molecule has 1 aromatic rings. The molecule has 0 radical (unpaired) electrons. The summed E-state index contributed by atoms with van der Waals surface area (Å²) < 4.78 is 60.3. The Morgan fingerprint density at radius 2 is 1.36 bits per heavy atom.